The Hall–Kier alpha value is -1.02. The molecule has 2 heteroatoms. The van der Waals surface area contributed by atoms with Crippen LogP contribution in [0.4, 0.5) is 0 Å². The van der Waals surface area contributed by atoms with Crippen molar-refractivity contribution in [2.24, 2.45) is 11.8 Å². The lowest BCUT2D eigenvalue weighted by molar-refractivity contribution is 0.180. The van der Waals surface area contributed by atoms with E-state index in [-0.39, 0.29) is 0 Å². The molecule has 1 fully saturated rings. The molecule has 0 saturated heterocycles. The van der Waals surface area contributed by atoms with E-state index in [1.807, 2.05) is 6.92 Å². The molecular weight excluding hydrogens is 246 g/mol. The molecule has 0 bridgehead atoms. The lowest BCUT2D eigenvalue weighted by Gasteiger charge is -2.37. The molecule has 1 aromatic rings. The van der Waals surface area contributed by atoms with Crippen LogP contribution in [0.3, 0.4) is 0 Å². The van der Waals surface area contributed by atoms with Crippen LogP contribution in [0, 0.1) is 11.8 Å². The van der Waals surface area contributed by atoms with Gasteiger partial charge in [0, 0.05) is 6.04 Å². The van der Waals surface area contributed by atoms with Gasteiger partial charge >= 0.3 is 0 Å². The first-order valence-corrected chi connectivity index (χ1v) is 8.20. The number of rotatable bonds is 6. The van der Waals surface area contributed by atoms with Crippen molar-refractivity contribution >= 4 is 0 Å². The number of nitrogens with one attached hydrogen (secondary N) is 1. The summed E-state index contributed by atoms with van der Waals surface area (Å²) in [5.41, 5.74) is 1.40. The molecule has 3 atom stereocenters. The van der Waals surface area contributed by atoms with Crippen molar-refractivity contribution in [1.82, 2.24) is 5.32 Å². The molecule has 1 aliphatic rings. The maximum atomic E-state index is 5.54. The molecule has 0 amide bonds. The first-order chi connectivity index (χ1) is 9.80. The van der Waals surface area contributed by atoms with Crippen LogP contribution in [0.25, 0.3) is 0 Å². The van der Waals surface area contributed by atoms with Crippen molar-refractivity contribution in [2.75, 3.05) is 13.7 Å². The van der Waals surface area contributed by atoms with Gasteiger partial charge in [0.05, 0.1) is 6.61 Å². The molecule has 2 nitrogen and oxygen atoms in total. The van der Waals surface area contributed by atoms with Gasteiger partial charge in [-0.15, -0.1) is 0 Å². The molecule has 0 spiro atoms. The fourth-order valence-electron chi connectivity index (χ4n) is 3.75. The van der Waals surface area contributed by atoms with Gasteiger partial charge in [0.1, 0.15) is 5.75 Å². The zero-order chi connectivity index (χ0) is 14.4. The Morgan fingerprint density at radius 2 is 1.85 bits per heavy atom. The number of ether oxygens (including phenoxy) is 1. The van der Waals surface area contributed by atoms with Gasteiger partial charge in [-0.05, 0) is 49.9 Å². The predicted molar refractivity (Wildman–Crippen MR) is 85.2 cm³/mol. The minimum Gasteiger partial charge on any atom is -0.494 e. The van der Waals surface area contributed by atoms with Crippen molar-refractivity contribution in [1.29, 1.82) is 0 Å². The third-order valence-electron chi connectivity index (χ3n) is 4.78. The Balaban J connectivity index is 2.13. The Labute approximate surface area is 123 Å². The van der Waals surface area contributed by atoms with Gasteiger partial charge in [0.15, 0.2) is 0 Å². The zero-order valence-corrected chi connectivity index (χ0v) is 13.2. The molecule has 1 N–H and O–H groups in total. The van der Waals surface area contributed by atoms with Crippen LogP contribution in [-0.4, -0.2) is 13.7 Å². The highest BCUT2D eigenvalue weighted by Gasteiger charge is 2.30. The molecule has 1 saturated carbocycles. The van der Waals surface area contributed by atoms with Crippen LogP contribution in [0.1, 0.15) is 57.6 Å². The topological polar surface area (TPSA) is 21.3 Å². The van der Waals surface area contributed by atoms with Crippen molar-refractivity contribution < 1.29 is 4.74 Å². The highest BCUT2D eigenvalue weighted by atomic mass is 16.5. The smallest absolute Gasteiger partial charge is 0.119 e. The minimum atomic E-state index is 0.482. The van der Waals surface area contributed by atoms with E-state index in [9.17, 15) is 0 Å². The molecule has 0 heterocycles. The molecule has 0 radical (unpaired) electrons. The average Bonchev–Trinajstić information content (AvgIpc) is 2.50. The van der Waals surface area contributed by atoms with Crippen LogP contribution < -0.4 is 10.1 Å². The monoisotopic (exact) mass is 275 g/mol. The molecule has 1 aromatic carbocycles. The normalized spacial score (nSPS) is 24.4. The van der Waals surface area contributed by atoms with E-state index in [2.05, 4.69) is 43.6 Å². The van der Waals surface area contributed by atoms with E-state index in [1.54, 1.807) is 0 Å². The van der Waals surface area contributed by atoms with Crippen molar-refractivity contribution in [3.05, 3.63) is 29.8 Å². The third-order valence-corrected chi connectivity index (χ3v) is 4.78. The van der Waals surface area contributed by atoms with Gasteiger partial charge in [-0.1, -0.05) is 44.7 Å². The maximum Gasteiger partial charge on any atom is 0.119 e. The van der Waals surface area contributed by atoms with Gasteiger partial charge in [-0.2, -0.15) is 0 Å². The van der Waals surface area contributed by atoms with Crippen LogP contribution in [0.2, 0.25) is 0 Å². The summed E-state index contributed by atoms with van der Waals surface area (Å²) in [5, 5.41) is 3.56. The first kappa shape index (κ1) is 15.4. The Bertz CT molecular complexity index is 387. The first-order valence-electron chi connectivity index (χ1n) is 8.20. The van der Waals surface area contributed by atoms with Crippen LogP contribution in [0.15, 0.2) is 24.3 Å². The molecule has 1 aliphatic carbocycles. The predicted octanol–water partition coefficient (Wildman–Crippen LogP) is 4.56. The van der Waals surface area contributed by atoms with E-state index in [4.69, 9.17) is 4.74 Å². The van der Waals surface area contributed by atoms with Gasteiger partial charge in [-0.25, -0.2) is 0 Å². The van der Waals surface area contributed by atoms with E-state index in [0.29, 0.717) is 6.04 Å². The molecule has 0 aromatic heterocycles. The number of hydrogen-bond acceptors (Lipinski definition) is 2. The quantitative estimate of drug-likeness (QED) is 0.821. The molecule has 2 rings (SSSR count). The van der Waals surface area contributed by atoms with E-state index in [1.165, 1.54) is 37.7 Å². The second-order valence-corrected chi connectivity index (χ2v) is 5.89. The maximum absolute atomic E-state index is 5.54. The highest BCUT2D eigenvalue weighted by molar-refractivity contribution is 5.29. The van der Waals surface area contributed by atoms with Crippen LogP contribution in [0.5, 0.6) is 5.75 Å². The van der Waals surface area contributed by atoms with Gasteiger partial charge in [0.2, 0.25) is 0 Å². The summed E-state index contributed by atoms with van der Waals surface area (Å²) in [6.45, 7) is 5.10. The van der Waals surface area contributed by atoms with Gasteiger partial charge in [0.25, 0.3) is 0 Å². The molecular formula is C18H29NO. The highest BCUT2D eigenvalue weighted by Crippen LogP contribution is 2.40. The lowest BCUT2D eigenvalue weighted by Crippen LogP contribution is -2.32. The van der Waals surface area contributed by atoms with Gasteiger partial charge in [-0.3, -0.25) is 0 Å². The summed E-state index contributed by atoms with van der Waals surface area (Å²) < 4.78 is 5.54. The van der Waals surface area contributed by atoms with Crippen molar-refractivity contribution in [2.45, 2.75) is 52.0 Å². The second kappa shape index (κ2) is 7.68. The largest absolute Gasteiger partial charge is 0.494 e. The summed E-state index contributed by atoms with van der Waals surface area (Å²) >= 11 is 0. The minimum absolute atomic E-state index is 0.482. The molecule has 3 unspecified atom stereocenters. The van der Waals surface area contributed by atoms with E-state index < -0.39 is 0 Å². The number of hydrogen-bond donors (Lipinski definition) is 1. The summed E-state index contributed by atoms with van der Waals surface area (Å²) in [5.74, 6) is 2.62. The van der Waals surface area contributed by atoms with Crippen LogP contribution in [-0.2, 0) is 0 Å². The van der Waals surface area contributed by atoms with Crippen molar-refractivity contribution in [3.8, 4) is 5.75 Å². The van der Waals surface area contributed by atoms with E-state index in [0.717, 1.165) is 24.2 Å². The Morgan fingerprint density at radius 3 is 2.45 bits per heavy atom. The van der Waals surface area contributed by atoms with Crippen molar-refractivity contribution in [3.63, 3.8) is 0 Å². The summed E-state index contributed by atoms with van der Waals surface area (Å²) in [4.78, 5) is 0. The molecule has 20 heavy (non-hydrogen) atoms. The Kier molecular flexibility index (Phi) is 5.90. The molecule has 0 aliphatic heterocycles. The SMILES string of the molecule is CCOc1ccc(C(NC)C2CCCCC2CC)cc1. The lowest BCUT2D eigenvalue weighted by atomic mass is 9.72. The Morgan fingerprint density at radius 1 is 1.15 bits per heavy atom. The standard InChI is InChI=1S/C18H29NO/c1-4-14-8-6-7-9-17(14)18(19-3)15-10-12-16(13-11-15)20-5-2/h10-14,17-19H,4-9H2,1-3H3. The summed E-state index contributed by atoms with van der Waals surface area (Å²) in [6, 6.07) is 9.15. The number of benzene rings is 1. The third kappa shape index (κ3) is 3.54. The average molecular weight is 275 g/mol. The fraction of sp³-hybridized carbons (Fsp3) is 0.667. The zero-order valence-electron chi connectivity index (χ0n) is 13.2. The summed E-state index contributed by atoms with van der Waals surface area (Å²) in [6.07, 6.45) is 6.86. The summed E-state index contributed by atoms with van der Waals surface area (Å²) in [7, 11) is 2.10. The second-order valence-electron chi connectivity index (χ2n) is 5.89. The fourth-order valence-corrected chi connectivity index (χ4v) is 3.75. The van der Waals surface area contributed by atoms with Gasteiger partial charge < -0.3 is 10.1 Å². The molecule has 112 valence electrons. The van der Waals surface area contributed by atoms with Crippen LogP contribution >= 0.6 is 0 Å². The van der Waals surface area contributed by atoms with E-state index >= 15 is 0 Å².